The summed E-state index contributed by atoms with van der Waals surface area (Å²) in [6.07, 6.45) is 15.1. The van der Waals surface area contributed by atoms with E-state index in [0.29, 0.717) is 17.7 Å². The van der Waals surface area contributed by atoms with Gasteiger partial charge in [0.2, 0.25) is 0 Å². The lowest BCUT2D eigenvalue weighted by molar-refractivity contribution is 0.102. The van der Waals surface area contributed by atoms with Gasteiger partial charge in [0.05, 0.1) is 56.3 Å². The zero-order valence-electron chi connectivity index (χ0n) is 79.0. The second-order valence-corrected chi connectivity index (χ2v) is 42.9. The van der Waals surface area contributed by atoms with E-state index < -0.39 is 0 Å². The highest BCUT2D eigenvalue weighted by Crippen LogP contribution is 2.50. The number of thiazole rings is 1. The van der Waals surface area contributed by atoms with Gasteiger partial charge >= 0.3 is 0 Å². The summed E-state index contributed by atoms with van der Waals surface area (Å²) < 4.78 is 22.5. The number of hydrogen-bond acceptors (Lipinski definition) is 12. The lowest BCUT2D eigenvalue weighted by Crippen LogP contribution is -2.39. The Morgan fingerprint density at radius 2 is 0.755 bits per heavy atom. The van der Waals surface area contributed by atoms with E-state index in [4.69, 9.17) is 76.0 Å². The molecule has 15 heterocycles. The molecule has 16 nitrogen and oxygen atoms in total. The van der Waals surface area contributed by atoms with Crippen molar-refractivity contribution in [3.63, 3.8) is 0 Å². The molecule has 1 fully saturated rings. The van der Waals surface area contributed by atoms with Gasteiger partial charge in [0.1, 0.15) is 34.4 Å². The number of nitrogens with one attached hydrogen (secondary N) is 5. The topological polar surface area (TPSA) is 177 Å². The number of H-pyrrole nitrogens is 5. The van der Waals surface area contributed by atoms with Crippen LogP contribution in [0, 0.1) is 5.92 Å². The minimum atomic E-state index is -0.185. The van der Waals surface area contributed by atoms with Crippen molar-refractivity contribution in [1.29, 1.82) is 0 Å². The molecule has 0 aliphatic carbocycles. The lowest BCUT2D eigenvalue weighted by Gasteiger charge is -2.39. The molecule has 0 radical (unpaired) electrons. The van der Waals surface area contributed by atoms with Crippen molar-refractivity contribution in [1.82, 2.24) is 54.4 Å². The summed E-state index contributed by atoms with van der Waals surface area (Å²) in [5.74, 6) is 2.86. The van der Waals surface area contributed by atoms with Gasteiger partial charge in [-0.25, -0.2) is 4.98 Å². The van der Waals surface area contributed by atoms with Crippen LogP contribution in [0.25, 0.3) is 54.5 Å². The second-order valence-electron chi connectivity index (χ2n) is 39.7. The molecule has 0 spiro atoms. The van der Waals surface area contributed by atoms with Crippen molar-refractivity contribution in [3.8, 4) is 5.75 Å². The van der Waals surface area contributed by atoms with Crippen molar-refractivity contribution < 1.29 is 23.1 Å². The summed E-state index contributed by atoms with van der Waals surface area (Å²) in [6.45, 7) is 24.2. The van der Waals surface area contributed by atoms with Crippen molar-refractivity contribution in [3.05, 3.63) is 434 Å². The molecule has 708 valence electrons. The van der Waals surface area contributed by atoms with Crippen LogP contribution in [0.1, 0.15) is 195 Å². The Hall–Kier alpha value is -11.6. The third-order valence-electron chi connectivity index (χ3n) is 28.7. The average Bonchev–Trinajstić information content (AvgIpc) is 1.68. The van der Waals surface area contributed by atoms with Crippen molar-refractivity contribution in [2.45, 2.75) is 154 Å². The zero-order valence-corrected chi connectivity index (χ0v) is 83.6. The summed E-state index contributed by atoms with van der Waals surface area (Å²) in [7, 11) is 0. The maximum atomic E-state index is 11.4. The number of aromatic hydroxyl groups is 1. The summed E-state index contributed by atoms with van der Waals surface area (Å²) in [4.78, 5) is 35.7. The van der Waals surface area contributed by atoms with Crippen LogP contribution in [0.2, 0.25) is 25.1 Å². The highest BCUT2D eigenvalue weighted by molar-refractivity contribution is 7.09. The molecule has 0 saturated carbocycles. The van der Waals surface area contributed by atoms with Crippen LogP contribution in [0.4, 0.5) is 0 Å². The molecule has 6 aliphatic heterocycles. The van der Waals surface area contributed by atoms with Crippen LogP contribution in [0.15, 0.2) is 305 Å². The molecule has 1 saturated heterocycles. The maximum absolute atomic E-state index is 11.4. The fraction of sp³-hybridized carbons (Fsp3) is 0.274. The summed E-state index contributed by atoms with van der Waals surface area (Å²) in [5.41, 5.74) is 28.3. The fourth-order valence-electron chi connectivity index (χ4n) is 22.2. The highest BCUT2D eigenvalue weighted by Gasteiger charge is 2.42. The first-order chi connectivity index (χ1) is 67.6. The molecule has 139 heavy (non-hydrogen) atoms. The van der Waals surface area contributed by atoms with E-state index in [9.17, 15) is 5.11 Å². The minimum absolute atomic E-state index is 0.0371. The number of rotatable bonds is 15. The van der Waals surface area contributed by atoms with Gasteiger partial charge in [-0.3, -0.25) is 24.5 Å². The third-order valence-corrected chi connectivity index (χ3v) is 30.7. The molecule has 0 amide bonds. The number of furan rings is 3. The predicted octanol–water partition coefficient (Wildman–Crippen LogP) is 29.4. The summed E-state index contributed by atoms with van der Waals surface area (Å²) in [6, 6.07) is 88.6. The molecular formula is C117H114Cl5N11O5S. The second kappa shape index (κ2) is 40.5. The average molecular weight is 1960 g/mol. The van der Waals surface area contributed by atoms with Crippen molar-refractivity contribution in [2.24, 2.45) is 5.92 Å². The molecule has 10 aromatic carbocycles. The van der Waals surface area contributed by atoms with E-state index in [1.165, 1.54) is 122 Å². The Kier molecular flexibility index (Phi) is 27.3. The Morgan fingerprint density at radius 3 is 1.13 bits per heavy atom. The van der Waals surface area contributed by atoms with E-state index in [1.54, 1.807) is 30.1 Å². The molecule has 0 bridgehead atoms. The number of fused-ring (bicyclic) bond motifs is 15. The summed E-state index contributed by atoms with van der Waals surface area (Å²) in [5, 5.41) is 24.7. The molecular weight excluding hydrogens is 1850 g/mol. The van der Waals surface area contributed by atoms with E-state index in [0.717, 1.165) is 192 Å². The number of ether oxygens (including phenoxy) is 1. The van der Waals surface area contributed by atoms with E-state index in [-0.39, 0.29) is 35.0 Å². The van der Waals surface area contributed by atoms with Crippen LogP contribution in [0.5, 0.6) is 5.75 Å². The van der Waals surface area contributed by atoms with Crippen molar-refractivity contribution in [2.75, 3.05) is 45.9 Å². The molecule has 6 atom stereocenters. The Labute approximate surface area is 840 Å². The minimum Gasteiger partial charge on any atom is -0.507 e. The molecule has 19 aromatic rings. The number of benzene rings is 10. The molecule has 9 aromatic heterocycles. The molecule has 6 aliphatic rings. The first kappa shape index (κ1) is 93.7. The maximum Gasteiger partial charge on any atom is 0.126 e. The van der Waals surface area contributed by atoms with Gasteiger partial charge in [-0.05, 0) is 250 Å². The van der Waals surface area contributed by atoms with Crippen LogP contribution in [0.3, 0.4) is 0 Å². The fourth-order valence-corrected chi connectivity index (χ4v) is 23.9. The standard InChI is InChI=1S/C32H37ClN2O.C22H23ClN2O.C22H19ClN2O.C21H18ClN3S.C20H17ClN2O2/c1-31(2,3)25-16-21(17-26(30(25)36)32(4,5)6)29-28-23(24-18-22(33)12-13-27(24)34-28)14-15-35(29)19-20-10-8-7-9-11-20;2*23-17-6-7-20-19(12-17)18-8-10-25(13-15-4-2-1-3-5-15)22(21(18)24-20)16-9-11-26-14-16;22-15-6-7-18-17(12-15)16-8-10-25(13-14-4-2-1-3-5-14)20(19(16)24-18)21-23-9-11-26-21;21-13-5-6-17-16(11-13)15-7-8-23(12-14-3-1-9-24-14)20(19(15)22-17)18-4-2-10-25-18/h7-13,16-18,29,34,36H,14-15,19H2,1-6H3;1-7,12,16,22,24H,8-11,13-14H2;1-7,9,11-12,14,22,24H,8,10,13H2;1-7,9,11-12,20,24H,8,10,13H2;1-6,9-11,20,22H,7-8,12H2. The van der Waals surface area contributed by atoms with Crippen LogP contribution in [-0.2, 0) is 80.4 Å². The van der Waals surface area contributed by atoms with Gasteiger partial charge in [-0.1, -0.05) is 221 Å². The zero-order chi connectivity index (χ0) is 95.2. The Balaban J connectivity index is 0.000000104. The van der Waals surface area contributed by atoms with E-state index in [1.807, 2.05) is 79.2 Å². The van der Waals surface area contributed by atoms with E-state index >= 15 is 0 Å². The monoisotopic (exact) mass is 1960 g/mol. The molecule has 25 rings (SSSR count). The molecule has 6 N–H and O–H groups in total. The predicted molar refractivity (Wildman–Crippen MR) is 566 cm³/mol. The first-order valence-electron chi connectivity index (χ1n) is 48.4. The Morgan fingerprint density at radius 1 is 0.381 bits per heavy atom. The number of hydrogen-bond donors (Lipinski definition) is 6. The number of aromatic amines is 5. The van der Waals surface area contributed by atoms with Crippen LogP contribution < -0.4 is 0 Å². The number of phenolic OH excluding ortho intramolecular Hbond substituents is 1. The van der Waals surface area contributed by atoms with Crippen LogP contribution in [-0.4, -0.2) is 105 Å². The Bertz CT molecular complexity index is 7240. The summed E-state index contributed by atoms with van der Waals surface area (Å²) >= 11 is 33.1. The highest BCUT2D eigenvalue weighted by atomic mass is 35.5. The number of phenols is 1. The normalized spacial score (nSPS) is 18.5. The van der Waals surface area contributed by atoms with Gasteiger partial charge < -0.3 is 48.0 Å². The van der Waals surface area contributed by atoms with Gasteiger partial charge in [0, 0.05) is 197 Å². The van der Waals surface area contributed by atoms with Gasteiger partial charge in [-0.15, -0.1) is 11.3 Å². The molecule has 22 heteroatoms. The largest absolute Gasteiger partial charge is 0.507 e. The van der Waals surface area contributed by atoms with Crippen molar-refractivity contribution >= 4 is 124 Å². The van der Waals surface area contributed by atoms with Gasteiger partial charge in [0.15, 0.2) is 0 Å². The number of nitrogens with zero attached hydrogens (tertiary/aromatic N) is 6. The number of aromatic nitrogens is 6. The SMILES string of the molecule is CC(C)(C)c1cc(C2c3[nH]c4ccc(Cl)cc4c3CCN2Cc2ccccc2)cc(C(C)(C)C)c1O.Clc1ccc2[nH]c3c(c2c1)CCN(Cc1ccccc1)C3C1CCOC1.Clc1ccc2[nH]c3c(c2c1)CCN(Cc1ccccc1)C3c1ccoc1.Clc1ccc2[nH]c3c(c2c1)CCN(Cc1ccccc1)C3c1nccs1.Clc1ccc2[nH]c3c(c2c1)CCN(Cc1ccco1)C3c1ccco1. The van der Waals surface area contributed by atoms with Gasteiger partial charge in [-0.2, -0.15) is 0 Å². The smallest absolute Gasteiger partial charge is 0.126 e. The molecule has 6 unspecified atom stereocenters. The van der Waals surface area contributed by atoms with E-state index in [2.05, 4.69) is 289 Å². The van der Waals surface area contributed by atoms with Crippen LogP contribution >= 0.6 is 69.3 Å². The lowest BCUT2D eigenvalue weighted by atomic mass is 9.77. The van der Waals surface area contributed by atoms with Gasteiger partial charge in [0.25, 0.3) is 0 Å². The third kappa shape index (κ3) is 19.9. The first-order valence-corrected chi connectivity index (χ1v) is 51.2. The quantitative estimate of drug-likeness (QED) is 0.0576. The number of halogens is 5.